The van der Waals surface area contributed by atoms with Crippen molar-refractivity contribution in [1.82, 2.24) is 61.3 Å². The van der Waals surface area contributed by atoms with Gasteiger partial charge in [-0.15, -0.1) is 11.6 Å². The first-order valence-electron chi connectivity index (χ1n) is 32.0. The summed E-state index contributed by atoms with van der Waals surface area (Å²) in [5, 5.41) is 28.0. The number of hydrogen-bond donors (Lipinski definition) is 7. The summed E-state index contributed by atoms with van der Waals surface area (Å²) in [6.45, 7) is 61.6. The summed E-state index contributed by atoms with van der Waals surface area (Å²) < 4.78 is 0. The number of nitrogens with zero attached hydrogens (tertiary/aromatic N) is 6. The third-order valence-electron chi connectivity index (χ3n) is 14.7. The first kappa shape index (κ1) is 83.5. The summed E-state index contributed by atoms with van der Waals surface area (Å²) in [5.41, 5.74) is 4.72. The number of nitrogens with one attached hydrogen (secondary N) is 6. The zero-order chi connectivity index (χ0) is 62.6. The van der Waals surface area contributed by atoms with Crippen molar-refractivity contribution >= 4 is 11.6 Å². The van der Waals surface area contributed by atoms with Crippen molar-refractivity contribution in [3.8, 4) is 0 Å². The third-order valence-corrected chi connectivity index (χ3v) is 15.0. The second-order valence-electron chi connectivity index (χ2n) is 26.9. The highest BCUT2D eigenvalue weighted by Crippen LogP contribution is 2.22. The monoisotopic (exact) mass is 1200 g/mol. The average Bonchev–Trinajstić information content (AvgIpc) is 3.53. The van der Waals surface area contributed by atoms with E-state index in [0.29, 0.717) is 5.88 Å². The van der Waals surface area contributed by atoms with Crippen molar-refractivity contribution in [2.24, 2.45) is 0 Å². The largest absolute Gasteiger partial charge is 0.400 e. The molecule has 0 aliphatic heterocycles. The quantitative estimate of drug-likeness (QED) is 0.0217. The lowest BCUT2D eigenvalue weighted by Gasteiger charge is -2.41. The van der Waals surface area contributed by atoms with Gasteiger partial charge in [0.25, 0.3) is 0 Å². The van der Waals surface area contributed by atoms with Gasteiger partial charge in [0.15, 0.2) is 0 Å². The summed E-state index contributed by atoms with van der Waals surface area (Å²) >= 11 is 5.53. The van der Waals surface area contributed by atoms with Gasteiger partial charge in [-0.3, -0.25) is 29.4 Å². The molecule has 3 rings (SSSR count). The van der Waals surface area contributed by atoms with Crippen LogP contribution < -0.4 is 31.9 Å². The molecule has 7 N–H and O–H groups in total. The molecule has 13 nitrogen and oxygen atoms in total. The molecule has 0 spiro atoms. The van der Waals surface area contributed by atoms with Gasteiger partial charge < -0.3 is 37.0 Å². The minimum atomic E-state index is 0. The van der Waals surface area contributed by atoms with Crippen LogP contribution in [-0.2, 0) is 18.8 Å². The number of likely N-dealkylation sites (N-methyl/N-ethyl adjacent to an activating group) is 2. The van der Waals surface area contributed by atoms with Gasteiger partial charge in [-0.1, -0.05) is 112 Å². The second kappa shape index (κ2) is 48.4. The number of alkyl halides is 1. The lowest BCUT2D eigenvalue weighted by atomic mass is 9.92. The molecule has 0 unspecified atom stereocenters. The van der Waals surface area contributed by atoms with Crippen LogP contribution in [0.1, 0.15) is 148 Å². The Morgan fingerprint density at radius 3 is 1.18 bits per heavy atom. The molecule has 3 aromatic carbocycles. The summed E-state index contributed by atoms with van der Waals surface area (Å²) in [7, 11) is 5.05. The molecule has 490 valence electrons. The van der Waals surface area contributed by atoms with Crippen molar-refractivity contribution in [2.45, 2.75) is 178 Å². The highest BCUT2D eigenvalue weighted by molar-refractivity contribution is 6.17. The Kier molecular flexibility index (Phi) is 48.1. The van der Waals surface area contributed by atoms with Crippen LogP contribution in [0.15, 0.2) is 91.0 Å². The number of aliphatic hydroxyl groups excluding tert-OH is 1. The molecule has 0 saturated carbocycles. The number of rotatable bonds is 40. The molecule has 0 heterocycles. The molecule has 0 bridgehead atoms. The first-order chi connectivity index (χ1) is 39.3. The Balaban J connectivity index is 0. The summed E-state index contributed by atoms with van der Waals surface area (Å²) in [6, 6.07) is 31.9. The Morgan fingerprint density at radius 1 is 0.381 bits per heavy atom. The maximum atomic E-state index is 7.00. The van der Waals surface area contributed by atoms with Crippen molar-refractivity contribution in [3.05, 3.63) is 108 Å². The normalized spacial score (nSPS) is 12.3. The molecule has 0 fully saturated rings. The number of benzene rings is 3. The van der Waals surface area contributed by atoms with E-state index in [1.165, 1.54) is 29.5 Å². The lowest BCUT2D eigenvalue weighted by molar-refractivity contribution is 0.0789. The number of aliphatic hydroxyl groups is 1. The fourth-order valence-electron chi connectivity index (χ4n) is 9.70. The fourth-order valence-corrected chi connectivity index (χ4v) is 9.87. The van der Waals surface area contributed by atoms with Gasteiger partial charge in [-0.25, -0.2) is 0 Å². The van der Waals surface area contributed by atoms with E-state index in [2.05, 4.69) is 240 Å². The number of hydrogen-bond acceptors (Lipinski definition) is 13. The topological polar surface area (TPSA) is 112 Å². The summed E-state index contributed by atoms with van der Waals surface area (Å²) in [5.74, 6) is 0.612. The Labute approximate surface area is 526 Å². The predicted octanol–water partition coefficient (Wildman–Crippen LogP) is 10.5. The highest BCUT2D eigenvalue weighted by atomic mass is 35.5. The van der Waals surface area contributed by atoms with E-state index in [0.717, 1.165) is 164 Å². The minimum Gasteiger partial charge on any atom is -0.400 e. The van der Waals surface area contributed by atoms with Crippen LogP contribution >= 0.6 is 11.6 Å². The number of halogens is 1. The van der Waals surface area contributed by atoms with Gasteiger partial charge in [-0.2, -0.15) is 0 Å². The molecule has 84 heavy (non-hydrogen) atoms. The van der Waals surface area contributed by atoms with Gasteiger partial charge in [-0.05, 0) is 160 Å². The van der Waals surface area contributed by atoms with Crippen molar-refractivity contribution in [1.29, 1.82) is 0 Å². The highest BCUT2D eigenvalue weighted by Gasteiger charge is 2.28. The van der Waals surface area contributed by atoms with E-state index < -0.39 is 0 Å². The van der Waals surface area contributed by atoms with E-state index >= 15 is 0 Å². The van der Waals surface area contributed by atoms with Crippen LogP contribution in [0.2, 0.25) is 0 Å². The van der Waals surface area contributed by atoms with Gasteiger partial charge in [0.1, 0.15) is 0 Å². The maximum Gasteiger partial charge on any atom is 0.0474 e. The van der Waals surface area contributed by atoms with E-state index in [4.69, 9.17) is 16.7 Å². The molecule has 14 heteroatoms. The first-order valence-corrected chi connectivity index (χ1v) is 32.6. The molecule has 0 aromatic heterocycles. The standard InChI is InChI=1S/C39H70N6.C22H52N6.C7H7Cl.CH4O.CH4/c1-11-24-45(39(8,9)33-35-18-14-12-15-19-35)32-28-42(26-23-41-37(2,3)4)27-30-44(38(5,6)7)31-29-43(25-22-40-10)34-36-20-16-13-17-21-36;1-9-10-24-13-16-27(17-15-26-21(2,3)4)19-20-28(22(5,6)7)18-14-25-12-11-23-8;8-6-7-4-2-1-3-5-7;1-2;/h12-21,40-41H,11,22-34H2,1-10H3;23-26H,9-20H2,1-8H3;1-5H,6H2;2H,1H3;1H4. The molecule has 0 aliphatic carbocycles. The van der Waals surface area contributed by atoms with Crippen LogP contribution in [0.5, 0.6) is 0 Å². The van der Waals surface area contributed by atoms with Gasteiger partial charge in [0.2, 0.25) is 0 Å². The van der Waals surface area contributed by atoms with Crippen molar-refractivity contribution in [3.63, 3.8) is 0 Å². The molecule has 0 amide bonds. The van der Waals surface area contributed by atoms with Crippen molar-refractivity contribution < 1.29 is 5.11 Å². The van der Waals surface area contributed by atoms with Crippen LogP contribution in [0.3, 0.4) is 0 Å². The summed E-state index contributed by atoms with van der Waals surface area (Å²) in [4.78, 5) is 16.0. The summed E-state index contributed by atoms with van der Waals surface area (Å²) in [6.07, 6.45) is 3.45. The zero-order valence-electron chi connectivity index (χ0n) is 57.3. The van der Waals surface area contributed by atoms with Crippen LogP contribution in [-0.4, -0.2) is 227 Å². The minimum absolute atomic E-state index is 0. The molecular formula is C70H137ClN12O. The maximum absolute atomic E-state index is 7.00. The van der Waals surface area contributed by atoms with Crippen LogP contribution in [0.25, 0.3) is 0 Å². The van der Waals surface area contributed by atoms with Crippen LogP contribution in [0.4, 0.5) is 0 Å². The molecular weight excluding hydrogens is 1060 g/mol. The smallest absolute Gasteiger partial charge is 0.0474 e. The lowest BCUT2D eigenvalue weighted by Crippen LogP contribution is -2.52. The van der Waals surface area contributed by atoms with Crippen LogP contribution in [0, 0.1) is 0 Å². The van der Waals surface area contributed by atoms with E-state index in [-0.39, 0.29) is 35.1 Å². The second-order valence-corrected chi connectivity index (χ2v) is 27.2. The van der Waals surface area contributed by atoms with E-state index in [9.17, 15) is 0 Å². The van der Waals surface area contributed by atoms with E-state index in [1.807, 2.05) is 37.4 Å². The SMILES string of the molecule is C.CCCN(CCN(CCNC(C)(C)C)CCN(CCN(CCNC)Cc1ccccc1)C(C)(C)C)C(C)(C)Cc1ccccc1.CCCNCCN(CCNC(C)(C)C)CCN(CCNCCNC)C(C)(C)C.CO.ClCc1ccccc1. The predicted molar refractivity (Wildman–Crippen MR) is 374 cm³/mol. The third kappa shape index (κ3) is 44.8. The van der Waals surface area contributed by atoms with E-state index in [1.54, 1.807) is 0 Å². The Bertz CT molecular complexity index is 1890. The van der Waals surface area contributed by atoms with Gasteiger partial charge in [0.05, 0.1) is 0 Å². The Morgan fingerprint density at radius 2 is 0.762 bits per heavy atom. The van der Waals surface area contributed by atoms with Gasteiger partial charge in [0, 0.05) is 178 Å². The fraction of sp³-hybridized carbons (Fsp3) is 0.743. The zero-order valence-corrected chi connectivity index (χ0v) is 58.0. The molecule has 0 atom stereocenters. The van der Waals surface area contributed by atoms with Gasteiger partial charge >= 0.3 is 0 Å². The molecule has 0 saturated heterocycles. The Hall–Kier alpha value is -2.57. The molecule has 0 radical (unpaired) electrons. The average molecular weight is 1200 g/mol. The van der Waals surface area contributed by atoms with Crippen molar-refractivity contribution in [2.75, 3.05) is 165 Å². The molecule has 3 aromatic rings. The molecule has 0 aliphatic rings.